The Labute approximate surface area is 130 Å². The minimum atomic E-state index is -0.884. The third kappa shape index (κ3) is 3.47. The van der Waals surface area contributed by atoms with Crippen molar-refractivity contribution in [2.75, 3.05) is 11.9 Å². The fourth-order valence-electron chi connectivity index (χ4n) is 2.93. The van der Waals surface area contributed by atoms with Crippen LogP contribution in [0.4, 0.5) is 5.69 Å². The highest BCUT2D eigenvalue weighted by Gasteiger charge is 2.41. The number of aliphatic carboxylic acids is 1. The predicted octanol–water partition coefficient (Wildman–Crippen LogP) is 3.16. The van der Waals surface area contributed by atoms with Crippen molar-refractivity contribution in [1.29, 1.82) is 0 Å². The fraction of sp³-hybridized carbons (Fsp3) is 0.529. The molecule has 1 unspecified atom stereocenters. The van der Waals surface area contributed by atoms with Gasteiger partial charge in [0.1, 0.15) is 5.60 Å². The SMILES string of the molecule is CCOC1(C(=O)Nc2cccc(C(C)C(=O)O)c2)CCCC1. The molecule has 0 aromatic heterocycles. The van der Waals surface area contributed by atoms with Crippen LogP contribution in [0, 0.1) is 0 Å². The first-order valence-electron chi connectivity index (χ1n) is 7.76. The van der Waals surface area contributed by atoms with Gasteiger partial charge in [-0.15, -0.1) is 0 Å². The van der Waals surface area contributed by atoms with E-state index in [0.29, 0.717) is 17.9 Å². The molecule has 2 N–H and O–H groups in total. The van der Waals surface area contributed by atoms with Crippen LogP contribution in [0.3, 0.4) is 0 Å². The van der Waals surface area contributed by atoms with E-state index in [1.165, 1.54) is 0 Å². The number of anilines is 1. The van der Waals surface area contributed by atoms with E-state index in [9.17, 15) is 9.59 Å². The first kappa shape index (κ1) is 16.5. The molecule has 1 fully saturated rings. The van der Waals surface area contributed by atoms with Gasteiger partial charge in [0, 0.05) is 12.3 Å². The summed E-state index contributed by atoms with van der Waals surface area (Å²) in [6.45, 7) is 4.02. The number of ether oxygens (including phenoxy) is 1. The Balaban J connectivity index is 2.14. The van der Waals surface area contributed by atoms with E-state index < -0.39 is 17.5 Å². The van der Waals surface area contributed by atoms with E-state index >= 15 is 0 Å². The molecule has 0 saturated heterocycles. The van der Waals surface area contributed by atoms with E-state index in [1.807, 2.05) is 6.92 Å². The highest BCUT2D eigenvalue weighted by Crippen LogP contribution is 2.34. The molecule has 0 bridgehead atoms. The standard InChI is InChI=1S/C17H23NO4/c1-3-22-17(9-4-5-10-17)16(21)18-14-8-6-7-13(11-14)12(2)15(19)20/h6-8,11-12H,3-5,9-10H2,1-2H3,(H,18,21)(H,19,20). The van der Waals surface area contributed by atoms with Gasteiger partial charge in [-0.25, -0.2) is 0 Å². The number of carboxylic acid groups (broad SMARTS) is 1. The predicted molar refractivity (Wildman–Crippen MR) is 83.9 cm³/mol. The third-order valence-electron chi connectivity index (χ3n) is 4.26. The molecular formula is C17H23NO4. The maximum atomic E-state index is 12.6. The zero-order chi connectivity index (χ0) is 16.2. The maximum Gasteiger partial charge on any atom is 0.310 e. The molecule has 22 heavy (non-hydrogen) atoms. The average Bonchev–Trinajstić information content (AvgIpc) is 2.97. The molecule has 1 amide bonds. The van der Waals surface area contributed by atoms with E-state index in [0.717, 1.165) is 25.7 Å². The molecule has 1 aliphatic rings. The van der Waals surface area contributed by atoms with Crippen molar-refractivity contribution in [3.05, 3.63) is 29.8 Å². The summed E-state index contributed by atoms with van der Waals surface area (Å²) >= 11 is 0. The van der Waals surface area contributed by atoms with Crippen LogP contribution in [-0.2, 0) is 14.3 Å². The van der Waals surface area contributed by atoms with Crippen LogP contribution in [0.1, 0.15) is 51.0 Å². The second kappa shape index (κ2) is 6.92. The van der Waals surface area contributed by atoms with Gasteiger partial charge in [-0.2, -0.15) is 0 Å². The van der Waals surface area contributed by atoms with Gasteiger partial charge in [0.15, 0.2) is 0 Å². The number of rotatable bonds is 6. The highest BCUT2D eigenvalue weighted by atomic mass is 16.5. The average molecular weight is 305 g/mol. The lowest BCUT2D eigenvalue weighted by Crippen LogP contribution is -2.43. The molecule has 0 aliphatic heterocycles. The van der Waals surface area contributed by atoms with Gasteiger partial charge in [-0.05, 0) is 57.2 Å². The van der Waals surface area contributed by atoms with Crippen molar-refractivity contribution in [3.8, 4) is 0 Å². The Hall–Kier alpha value is -1.88. The van der Waals surface area contributed by atoms with Gasteiger partial charge < -0.3 is 15.2 Å². The Morgan fingerprint density at radius 2 is 2.05 bits per heavy atom. The van der Waals surface area contributed by atoms with Gasteiger partial charge in [-0.3, -0.25) is 9.59 Å². The monoisotopic (exact) mass is 305 g/mol. The summed E-state index contributed by atoms with van der Waals surface area (Å²) in [6, 6.07) is 6.99. The number of carboxylic acids is 1. The second-order valence-corrected chi connectivity index (χ2v) is 5.77. The minimum absolute atomic E-state index is 0.132. The lowest BCUT2D eigenvalue weighted by atomic mass is 9.99. The molecule has 1 saturated carbocycles. The Bertz CT molecular complexity index is 549. The van der Waals surface area contributed by atoms with Gasteiger partial charge in [0.05, 0.1) is 5.92 Å². The Kier molecular flexibility index (Phi) is 5.19. The van der Waals surface area contributed by atoms with Crippen molar-refractivity contribution < 1.29 is 19.4 Å². The van der Waals surface area contributed by atoms with Gasteiger partial charge >= 0.3 is 5.97 Å². The Morgan fingerprint density at radius 3 is 2.64 bits per heavy atom. The first-order chi connectivity index (χ1) is 10.5. The number of benzene rings is 1. The van der Waals surface area contributed by atoms with E-state index in [4.69, 9.17) is 9.84 Å². The molecule has 0 radical (unpaired) electrons. The van der Waals surface area contributed by atoms with Crippen LogP contribution >= 0.6 is 0 Å². The summed E-state index contributed by atoms with van der Waals surface area (Å²) in [5.74, 6) is -1.62. The Morgan fingerprint density at radius 1 is 1.36 bits per heavy atom. The third-order valence-corrected chi connectivity index (χ3v) is 4.26. The molecule has 0 heterocycles. The summed E-state index contributed by atoms with van der Waals surface area (Å²) in [4.78, 5) is 23.7. The molecule has 1 aromatic rings. The van der Waals surface area contributed by atoms with E-state index in [2.05, 4.69) is 5.32 Å². The number of carbonyl (C=O) groups excluding carboxylic acids is 1. The maximum absolute atomic E-state index is 12.6. The lowest BCUT2D eigenvalue weighted by Gasteiger charge is -2.27. The second-order valence-electron chi connectivity index (χ2n) is 5.77. The van der Waals surface area contributed by atoms with Gasteiger partial charge in [-0.1, -0.05) is 12.1 Å². The van der Waals surface area contributed by atoms with E-state index in [1.54, 1.807) is 31.2 Å². The summed E-state index contributed by atoms with van der Waals surface area (Å²) in [6.07, 6.45) is 3.45. The molecule has 5 nitrogen and oxygen atoms in total. The number of nitrogens with one attached hydrogen (secondary N) is 1. The fourth-order valence-corrected chi connectivity index (χ4v) is 2.93. The van der Waals surface area contributed by atoms with Crippen molar-refractivity contribution in [3.63, 3.8) is 0 Å². The number of hydrogen-bond donors (Lipinski definition) is 2. The number of hydrogen-bond acceptors (Lipinski definition) is 3. The number of carbonyl (C=O) groups is 2. The highest BCUT2D eigenvalue weighted by molar-refractivity contribution is 5.97. The quantitative estimate of drug-likeness (QED) is 0.846. The molecule has 2 rings (SSSR count). The molecule has 0 spiro atoms. The van der Waals surface area contributed by atoms with Crippen LogP contribution in [0.15, 0.2) is 24.3 Å². The summed E-state index contributed by atoms with van der Waals surface area (Å²) in [5, 5.41) is 12.0. The van der Waals surface area contributed by atoms with Crippen molar-refractivity contribution in [1.82, 2.24) is 0 Å². The van der Waals surface area contributed by atoms with Crippen molar-refractivity contribution >= 4 is 17.6 Å². The van der Waals surface area contributed by atoms with Gasteiger partial charge in [0.25, 0.3) is 5.91 Å². The molecule has 5 heteroatoms. The minimum Gasteiger partial charge on any atom is -0.481 e. The number of amides is 1. The summed E-state index contributed by atoms with van der Waals surface area (Å²) in [5.41, 5.74) is 0.548. The van der Waals surface area contributed by atoms with Crippen LogP contribution in [-0.4, -0.2) is 29.2 Å². The van der Waals surface area contributed by atoms with Crippen molar-refractivity contribution in [2.24, 2.45) is 0 Å². The largest absolute Gasteiger partial charge is 0.481 e. The smallest absolute Gasteiger partial charge is 0.310 e. The summed E-state index contributed by atoms with van der Waals surface area (Å²) < 4.78 is 5.73. The van der Waals surface area contributed by atoms with Gasteiger partial charge in [0.2, 0.25) is 0 Å². The van der Waals surface area contributed by atoms with Crippen LogP contribution in [0.5, 0.6) is 0 Å². The summed E-state index contributed by atoms with van der Waals surface area (Å²) in [7, 11) is 0. The molecule has 120 valence electrons. The zero-order valence-electron chi connectivity index (χ0n) is 13.1. The van der Waals surface area contributed by atoms with Crippen LogP contribution in [0.2, 0.25) is 0 Å². The molecule has 1 aliphatic carbocycles. The van der Waals surface area contributed by atoms with Crippen molar-refractivity contribution in [2.45, 2.75) is 51.0 Å². The van der Waals surface area contributed by atoms with Crippen LogP contribution < -0.4 is 5.32 Å². The molecular weight excluding hydrogens is 282 g/mol. The molecule has 1 aromatic carbocycles. The van der Waals surface area contributed by atoms with E-state index in [-0.39, 0.29) is 5.91 Å². The zero-order valence-corrected chi connectivity index (χ0v) is 13.1. The molecule has 1 atom stereocenters. The first-order valence-corrected chi connectivity index (χ1v) is 7.76. The lowest BCUT2D eigenvalue weighted by molar-refractivity contribution is -0.140. The topological polar surface area (TPSA) is 75.6 Å². The normalized spacial score (nSPS) is 17.9. The van der Waals surface area contributed by atoms with Crippen LogP contribution in [0.25, 0.3) is 0 Å².